The highest BCUT2D eigenvalue weighted by Crippen LogP contribution is 2.61. The van der Waals surface area contributed by atoms with E-state index in [1.54, 1.807) is 0 Å². The van der Waals surface area contributed by atoms with Gasteiger partial charge < -0.3 is 24.9 Å². The highest BCUT2D eigenvalue weighted by molar-refractivity contribution is 7.45. The van der Waals surface area contributed by atoms with E-state index in [4.69, 9.17) is 19.2 Å². The second-order valence-corrected chi connectivity index (χ2v) is 11.7. The lowest BCUT2D eigenvalue weighted by molar-refractivity contribution is -0.0586. The zero-order chi connectivity index (χ0) is 24.6. The van der Waals surface area contributed by atoms with E-state index < -0.39 is 7.82 Å². The summed E-state index contributed by atoms with van der Waals surface area (Å²) in [6.45, 7) is 4.71. The lowest BCUT2D eigenvalue weighted by Crippen LogP contribution is -2.46. The van der Waals surface area contributed by atoms with Gasteiger partial charge in [0, 0.05) is 32.0 Å². The SMILES string of the molecule is CCCN(CCCC12CC3CC(CC(C3)C1)C2)C(=O)NCCCc1ccncc1.O=P(O)(O)O. The Morgan fingerprint density at radius 2 is 1.62 bits per heavy atom. The van der Waals surface area contributed by atoms with Crippen LogP contribution in [0, 0.1) is 23.2 Å². The van der Waals surface area contributed by atoms with Crippen LogP contribution < -0.4 is 5.32 Å². The number of urea groups is 1. The topological polar surface area (TPSA) is 123 Å². The number of nitrogens with one attached hydrogen (secondary N) is 1. The Kier molecular flexibility index (Phi) is 9.95. The molecule has 4 N–H and O–H groups in total. The number of hydrogen-bond donors (Lipinski definition) is 4. The fourth-order valence-corrected chi connectivity index (χ4v) is 6.98. The standard InChI is InChI=1S/C25H39N3O.H3O4P/c1-2-12-28(24(29)27-9-3-5-20-6-10-26-11-7-20)13-4-8-25-17-21-14-22(18-25)16-23(15-21)19-25;1-5(2,3)4/h6-7,10-11,21-23H,2-5,8-9,12-19H2,1H3,(H,27,29);(H3,1,2,3,4). The Bertz CT molecular complexity index is 772. The number of rotatable bonds is 10. The molecule has 0 unspecified atom stereocenters. The molecule has 34 heavy (non-hydrogen) atoms. The van der Waals surface area contributed by atoms with Crippen LogP contribution in [0.4, 0.5) is 4.79 Å². The molecule has 1 heterocycles. The van der Waals surface area contributed by atoms with Crippen LogP contribution in [-0.2, 0) is 11.0 Å². The molecule has 4 bridgehead atoms. The van der Waals surface area contributed by atoms with E-state index in [1.807, 2.05) is 12.4 Å². The molecule has 4 fully saturated rings. The van der Waals surface area contributed by atoms with Gasteiger partial charge in [0.05, 0.1) is 0 Å². The number of hydrogen-bond acceptors (Lipinski definition) is 3. The van der Waals surface area contributed by atoms with Crippen LogP contribution in [0.3, 0.4) is 0 Å². The van der Waals surface area contributed by atoms with E-state index in [2.05, 4.69) is 34.3 Å². The summed E-state index contributed by atoms with van der Waals surface area (Å²) in [5.41, 5.74) is 1.92. The van der Waals surface area contributed by atoms with Crippen molar-refractivity contribution in [2.45, 2.75) is 77.6 Å². The molecular formula is C25H42N3O5P. The molecule has 1 aromatic heterocycles. The van der Waals surface area contributed by atoms with Crippen molar-refractivity contribution in [2.75, 3.05) is 19.6 Å². The lowest BCUT2D eigenvalue weighted by atomic mass is 9.48. The van der Waals surface area contributed by atoms with E-state index in [-0.39, 0.29) is 6.03 Å². The average molecular weight is 496 g/mol. The summed E-state index contributed by atoms with van der Waals surface area (Å²) in [4.78, 5) is 40.4. The number of phosphoric acid groups is 1. The van der Waals surface area contributed by atoms with Gasteiger partial charge >= 0.3 is 13.9 Å². The normalized spacial score (nSPS) is 27.1. The van der Waals surface area contributed by atoms with E-state index in [9.17, 15) is 4.79 Å². The second kappa shape index (κ2) is 12.5. The van der Waals surface area contributed by atoms with Gasteiger partial charge in [-0.25, -0.2) is 9.36 Å². The van der Waals surface area contributed by atoms with Crippen LogP contribution in [0.25, 0.3) is 0 Å². The van der Waals surface area contributed by atoms with Gasteiger partial charge in [-0.1, -0.05) is 6.92 Å². The summed E-state index contributed by atoms with van der Waals surface area (Å²) in [6, 6.07) is 4.23. The van der Waals surface area contributed by atoms with Crippen molar-refractivity contribution < 1.29 is 24.0 Å². The Morgan fingerprint density at radius 3 is 2.15 bits per heavy atom. The fourth-order valence-electron chi connectivity index (χ4n) is 6.98. The molecular weight excluding hydrogens is 453 g/mol. The fraction of sp³-hybridized carbons (Fsp3) is 0.760. The van der Waals surface area contributed by atoms with Crippen molar-refractivity contribution in [3.05, 3.63) is 30.1 Å². The maximum absolute atomic E-state index is 12.7. The summed E-state index contributed by atoms with van der Waals surface area (Å²) in [7, 11) is -4.64. The van der Waals surface area contributed by atoms with E-state index in [0.717, 1.165) is 56.7 Å². The highest BCUT2D eigenvalue weighted by atomic mass is 31.2. The zero-order valence-electron chi connectivity index (χ0n) is 20.4. The van der Waals surface area contributed by atoms with Crippen LogP contribution in [0.5, 0.6) is 0 Å². The van der Waals surface area contributed by atoms with Gasteiger partial charge in [0.15, 0.2) is 0 Å². The number of aryl methyl sites for hydroxylation is 1. The van der Waals surface area contributed by atoms with Crippen molar-refractivity contribution in [3.8, 4) is 0 Å². The van der Waals surface area contributed by atoms with E-state index >= 15 is 0 Å². The summed E-state index contributed by atoms with van der Waals surface area (Å²) in [5, 5.41) is 3.15. The minimum Gasteiger partial charge on any atom is -0.338 e. The second-order valence-electron chi connectivity index (χ2n) is 10.7. The Labute approximate surface area is 203 Å². The summed E-state index contributed by atoms with van der Waals surface area (Å²) in [5.74, 6) is 3.07. The van der Waals surface area contributed by atoms with Gasteiger partial charge in [-0.3, -0.25) is 4.98 Å². The van der Waals surface area contributed by atoms with E-state index in [1.165, 1.54) is 56.9 Å². The molecule has 4 saturated carbocycles. The molecule has 5 rings (SSSR count). The first kappa shape index (κ1) is 27.1. The Morgan fingerprint density at radius 1 is 1.06 bits per heavy atom. The Balaban J connectivity index is 0.000000588. The van der Waals surface area contributed by atoms with Gasteiger partial charge in [-0.05, 0) is 111 Å². The maximum atomic E-state index is 12.7. The molecule has 0 aromatic carbocycles. The first-order valence-electron chi connectivity index (χ1n) is 12.9. The van der Waals surface area contributed by atoms with Gasteiger partial charge in [-0.2, -0.15) is 0 Å². The predicted molar refractivity (Wildman–Crippen MR) is 132 cm³/mol. The van der Waals surface area contributed by atoms with Crippen molar-refractivity contribution in [1.82, 2.24) is 15.2 Å². The van der Waals surface area contributed by atoms with Gasteiger partial charge in [0.1, 0.15) is 0 Å². The largest absolute Gasteiger partial charge is 0.466 e. The molecule has 0 atom stereocenters. The third-order valence-electron chi connectivity index (χ3n) is 7.75. The van der Waals surface area contributed by atoms with Gasteiger partial charge in [0.2, 0.25) is 0 Å². The highest BCUT2D eigenvalue weighted by Gasteiger charge is 2.50. The molecule has 4 aliphatic carbocycles. The third kappa shape index (κ3) is 8.95. The summed E-state index contributed by atoms with van der Waals surface area (Å²) in [6.07, 6.45) is 18.2. The average Bonchev–Trinajstić information content (AvgIpc) is 2.74. The molecule has 4 aliphatic rings. The van der Waals surface area contributed by atoms with Gasteiger partial charge in [-0.15, -0.1) is 0 Å². The van der Waals surface area contributed by atoms with Crippen LogP contribution in [0.1, 0.15) is 76.7 Å². The summed E-state index contributed by atoms with van der Waals surface area (Å²) >= 11 is 0. The van der Waals surface area contributed by atoms with Crippen molar-refractivity contribution >= 4 is 13.9 Å². The molecule has 192 valence electrons. The number of carbonyl (C=O) groups is 1. The first-order valence-corrected chi connectivity index (χ1v) is 14.4. The van der Waals surface area contributed by atoms with Gasteiger partial charge in [0.25, 0.3) is 0 Å². The maximum Gasteiger partial charge on any atom is 0.466 e. The number of aromatic nitrogens is 1. The molecule has 0 saturated heterocycles. The quantitative estimate of drug-likeness (QED) is 0.280. The van der Waals surface area contributed by atoms with Crippen LogP contribution in [0.2, 0.25) is 0 Å². The smallest absolute Gasteiger partial charge is 0.338 e. The molecule has 0 aliphatic heterocycles. The lowest BCUT2D eigenvalue weighted by Gasteiger charge is -2.57. The van der Waals surface area contributed by atoms with Crippen molar-refractivity contribution in [1.29, 1.82) is 0 Å². The molecule has 2 amide bonds. The van der Waals surface area contributed by atoms with E-state index in [0.29, 0.717) is 5.41 Å². The Hall–Kier alpha value is -1.47. The van der Waals surface area contributed by atoms with Crippen molar-refractivity contribution in [3.63, 3.8) is 0 Å². The molecule has 0 radical (unpaired) electrons. The van der Waals surface area contributed by atoms with Crippen LogP contribution in [0.15, 0.2) is 24.5 Å². The van der Waals surface area contributed by atoms with Crippen LogP contribution in [-0.4, -0.2) is 50.2 Å². The molecule has 1 aromatic rings. The van der Waals surface area contributed by atoms with Crippen LogP contribution >= 0.6 is 7.82 Å². The first-order chi connectivity index (χ1) is 16.2. The minimum absolute atomic E-state index is 0.132. The molecule has 0 spiro atoms. The predicted octanol–water partition coefficient (Wildman–Crippen LogP) is 4.50. The summed E-state index contributed by atoms with van der Waals surface area (Å²) < 4.78 is 8.88. The molecule has 9 heteroatoms. The zero-order valence-corrected chi connectivity index (χ0v) is 21.3. The van der Waals surface area contributed by atoms with Crippen molar-refractivity contribution in [2.24, 2.45) is 23.2 Å². The third-order valence-corrected chi connectivity index (χ3v) is 7.75. The number of nitrogens with zero attached hydrogens (tertiary/aromatic N) is 2. The number of pyridine rings is 1. The number of carbonyl (C=O) groups excluding carboxylic acids is 1. The number of amides is 2. The minimum atomic E-state index is -4.64. The monoisotopic (exact) mass is 495 g/mol. The molecule has 8 nitrogen and oxygen atoms in total.